The molecule has 0 amide bonds. The van der Waals surface area contributed by atoms with Gasteiger partial charge in [-0.15, -0.1) is 0 Å². The first-order chi connectivity index (χ1) is 2.81. The molecule has 1 radical (unpaired) electrons. The molecule has 0 heterocycles. The average Bonchev–Trinajstić information content (AvgIpc) is 1.65. The minimum absolute atomic E-state index is 1.13. The molecule has 0 saturated heterocycles. The summed E-state index contributed by atoms with van der Waals surface area (Å²) >= 11 is 0. The lowest BCUT2D eigenvalue weighted by Crippen LogP contribution is -1.83. The molecule has 6 heavy (non-hydrogen) atoms. The molecular formula is C5H6F. The Bertz CT molecular complexity index is 49.0. The number of hydrogen-bond acceptors (Lipinski definition) is 0. The van der Waals surface area contributed by atoms with Crippen LogP contribution in [0, 0.1) is 6.08 Å². The molecule has 0 bridgehead atoms. The summed E-state index contributed by atoms with van der Waals surface area (Å²) < 4.78 is 11.6. The Morgan fingerprint density at radius 1 is 1.83 bits per heavy atom. The van der Waals surface area contributed by atoms with Crippen molar-refractivity contribution in [1.82, 2.24) is 0 Å². The van der Waals surface area contributed by atoms with Crippen LogP contribution in [-0.2, 0) is 0 Å². The monoisotopic (exact) mass is 85.0 g/mol. The molecule has 0 aliphatic carbocycles. The molecule has 0 saturated carbocycles. The van der Waals surface area contributed by atoms with Crippen LogP contribution in [0.25, 0.3) is 0 Å². The Morgan fingerprint density at radius 3 is 2.33 bits per heavy atom. The SMILES string of the molecule is C=[C]C(F)C=C. The molecule has 1 atom stereocenters. The van der Waals surface area contributed by atoms with E-state index in [1.807, 2.05) is 0 Å². The van der Waals surface area contributed by atoms with Gasteiger partial charge in [0.15, 0.2) is 0 Å². The third-order valence-corrected chi connectivity index (χ3v) is 0.402. The number of alkyl halides is 1. The second kappa shape index (κ2) is 2.64. The third kappa shape index (κ3) is 1.70. The van der Waals surface area contributed by atoms with Gasteiger partial charge in [0.25, 0.3) is 0 Å². The molecule has 0 N–H and O–H groups in total. The van der Waals surface area contributed by atoms with Crippen molar-refractivity contribution in [1.29, 1.82) is 0 Å². The van der Waals surface area contributed by atoms with E-state index < -0.39 is 6.17 Å². The van der Waals surface area contributed by atoms with Crippen LogP contribution < -0.4 is 0 Å². The zero-order chi connectivity index (χ0) is 4.99. The molecule has 0 aromatic heterocycles. The molecular weight excluding hydrogens is 79.1 g/mol. The Kier molecular flexibility index (Phi) is 2.38. The van der Waals surface area contributed by atoms with Gasteiger partial charge in [0.05, 0.1) is 0 Å². The summed E-state index contributed by atoms with van der Waals surface area (Å²) in [6, 6.07) is 0. The van der Waals surface area contributed by atoms with Crippen LogP contribution in [0.3, 0.4) is 0 Å². The van der Waals surface area contributed by atoms with Gasteiger partial charge >= 0.3 is 0 Å². The molecule has 0 rings (SSSR count). The van der Waals surface area contributed by atoms with Gasteiger partial charge in [0.2, 0.25) is 0 Å². The number of rotatable bonds is 2. The lowest BCUT2D eigenvalue weighted by atomic mass is 10.4. The Morgan fingerprint density at radius 2 is 2.33 bits per heavy atom. The van der Waals surface area contributed by atoms with Crippen molar-refractivity contribution in [3.8, 4) is 0 Å². The standard InChI is InChI=1S/C5H6F/c1-3-5(6)4-2/h3,5H,1-2H2. The van der Waals surface area contributed by atoms with Crippen molar-refractivity contribution >= 4 is 0 Å². The predicted molar refractivity (Wildman–Crippen MR) is 24.0 cm³/mol. The van der Waals surface area contributed by atoms with Gasteiger partial charge in [-0.1, -0.05) is 19.2 Å². The normalized spacial score (nSPS) is 8.33. The van der Waals surface area contributed by atoms with Gasteiger partial charge in [0, 0.05) is 0 Å². The van der Waals surface area contributed by atoms with Gasteiger partial charge in [-0.05, 0) is 6.08 Å². The zero-order valence-electron chi connectivity index (χ0n) is 3.45. The average molecular weight is 85.1 g/mol. The predicted octanol–water partition coefficient (Wildman–Crippen LogP) is 1.50. The van der Waals surface area contributed by atoms with E-state index in [9.17, 15) is 4.39 Å². The summed E-state index contributed by atoms with van der Waals surface area (Å²) in [5.41, 5.74) is 0. The first-order valence-electron chi connectivity index (χ1n) is 1.60. The molecule has 0 nitrogen and oxygen atoms in total. The van der Waals surface area contributed by atoms with E-state index in [0.717, 1.165) is 6.08 Å². The van der Waals surface area contributed by atoms with Crippen molar-refractivity contribution in [2.24, 2.45) is 0 Å². The van der Waals surface area contributed by atoms with Crippen molar-refractivity contribution < 1.29 is 4.39 Å². The van der Waals surface area contributed by atoms with Gasteiger partial charge < -0.3 is 0 Å². The summed E-state index contributed by atoms with van der Waals surface area (Å²) in [6.45, 7) is 6.21. The van der Waals surface area contributed by atoms with E-state index in [1.54, 1.807) is 0 Å². The molecule has 0 aliphatic rings. The highest BCUT2D eigenvalue weighted by atomic mass is 19.1. The summed E-state index contributed by atoms with van der Waals surface area (Å²) in [7, 11) is 0. The first-order valence-corrected chi connectivity index (χ1v) is 1.60. The quantitative estimate of drug-likeness (QED) is 0.446. The van der Waals surface area contributed by atoms with Crippen LogP contribution >= 0.6 is 0 Å². The summed E-state index contributed by atoms with van der Waals surface area (Å²) in [5.74, 6) is 0. The molecule has 0 fully saturated rings. The fourth-order valence-corrected chi connectivity index (χ4v) is 0.0833. The fourth-order valence-electron chi connectivity index (χ4n) is 0.0833. The molecule has 0 aromatic carbocycles. The van der Waals surface area contributed by atoms with Gasteiger partial charge in [0.1, 0.15) is 6.17 Å². The zero-order valence-corrected chi connectivity index (χ0v) is 3.45. The van der Waals surface area contributed by atoms with Crippen LogP contribution in [0.4, 0.5) is 4.39 Å². The summed E-state index contributed by atoms with van der Waals surface area (Å²) in [6.07, 6.45) is 2.05. The molecule has 1 heteroatoms. The smallest absolute Gasteiger partial charge is 0.143 e. The van der Waals surface area contributed by atoms with E-state index in [4.69, 9.17) is 0 Å². The van der Waals surface area contributed by atoms with Crippen molar-refractivity contribution in [2.75, 3.05) is 0 Å². The second-order valence-electron chi connectivity index (χ2n) is 0.842. The van der Waals surface area contributed by atoms with Crippen LogP contribution in [0.5, 0.6) is 0 Å². The molecule has 0 aliphatic heterocycles. The van der Waals surface area contributed by atoms with E-state index in [1.165, 1.54) is 0 Å². The fraction of sp³-hybridized carbons (Fsp3) is 0.200. The van der Waals surface area contributed by atoms with E-state index in [0.29, 0.717) is 0 Å². The Labute approximate surface area is 37.0 Å². The Hall–Kier alpha value is -0.590. The molecule has 33 valence electrons. The highest BCUT2D eigenvalue weighted by Crippen LogP contribution is 1.87. The summed E-state index contributed by atoms with van der Waals surface area (Å²) in [4.78, 5) is 0. The van der Waals surface area contributed by atoms with Crippen molar-refractivity contribution in [3.63, 3.8) is 0 Å². The van der Waals surface area contributed by atoms with E-state index in [2.05, 4.69) is 19.2 Å². The van der Waals surface area contributed by atoms with Gasteiger partial charge in [-0.25, -0.2) is 4.39 Å². The highest BCUT2D eigenvalue weighted by molar-refractivity contribution is 4.85. The summed E-state index contributed by atoms with van der Waals surface area (Å²) in [5, 5.41) is 0. The lowest BCUT2D eigenvalue weighted by Gasteiger charge is -1.82. The molecule has 0 aromatic rings. The van der Waals surface area contributed by atoms with Gasteiger partial charge in [-0.3, -0.25) is 0 Å². The van der Waals surface area contributed by atoms with E-state index in [-0.39, 0.29) is 0 Å². The maximum Gasteiger partial charge on any atom is 0.143 e. The maximum atomic E-state index is 11.6. The minimum Gasteiger partial charge on any atom is -0.238 e. The number of hydrogen-bond donors (Lipinski definition) is 0. The van der Waals surface area contributed by atoms with Crippen LogP contribution in [0.15, 0.2) is 19.2 Å². The molecule has 0 spiro atoms. The Balaban J connectivity index is 3.21. The topological polar surface area (TPSA) is 0 Å². The number of allylic oxidation sites excluding steroid dienone is 2. The molecule has 1 unspecified atom stereocenters. The van der Waals surface area contributed by atoms with E-state index >= 15 is 0 Å². The minimum atomic E-state index is -1.16. The number of halogens is 1. The van der Waals surface area contributed by atoms with Crippen molar-refractivity contribution in [3.05, 3.63) is 25.3 Å². The van der Waals surface area contributed by atoms with Gasteiger partial charge in [-0.2, -0.15) is 0 Å². The lowest BCUT2D eigenvalue weighted by molar-refractivity contribution is 0.461. The third-order valence-electron chi connectivity index (χ3n) is 0.402. The first kappa shape index (κ1) is 5.41. The second-order valence-corrected chi connectivity index (χ2v) is 0.842. The van der Waals surface area contributed by atoms with Crippen LogP contribution in [0.1, 0.15) is 0 Å². The van der Waals surface area contributed by atoms with Crippen molar-refractivity contribution in [2.45, 2.75) is 6.17 Å². The van der Waals surface area contributed by atoms with Crippen LogP contribution in [0.2, 0.25) is 0 Å². The highest BCUT2D eigenvalue weighted by Gasteiger charge is 1.85. The largest absolute Gasteiger partial charge is 0.238 e. The van der Waals surface area contributed by atoms with Crippen LogP contribution in [-0.4, -0.2) is 6.17 Å². The maximum absolute atomic E-state index is 11.6.